The molecule has 0 radical (unpaired) electrons. The van der Waals surface area contributed by atoms with Crippen LogP contribution < -0.4 is 0 Å². The van der Waals surface area contributed by atoms with Crippen LogP contribution in [-0.4, -0.2) is 5.11 Å². The molecule has 0 aliphatic carbocycles. The summed E-state index contributed by atoms with van der Waals surface area (Å²) >= 11 is 0. The Kier molecular flexibility index (Phi) is 4.00. The van der Waals surface area contributed by atoms with E-state index in [1.165, 1.54) is 0 Å². The van der Waals surface area contributed by atoms with Gasteiger partial charge in [0.15, 0.2) is 0 Å². The maximum absolute atomic E-state index is 9.66. The summed E-state index contributed by atoms with van der Waals surface area (Å²) < 4.78 is 0. The summed E-state index contributed by atoms with van der Waals surface area (Å²) in [6.07, 6.45) is 5.68. The smallest absolute Gasteiger partial charge is 0.0824 e. The quantitative estimate of drug-likeness (QED) is 0.696. The second-order valence-electron chi connectivity index (χ2n) is 2.83. The van der Waals surface area contributed by atoms with Gasteiger partial charge in [0.25, 0.3) is 0 Å². The lowest BCUT2D eigenvalue weighted by Gasteiger charge is -2.06. The van der Waals surface area contributed by atoms with E-state index in [1.807, 2.05) is 42.5 Å². The van der Waals surface area contributed by atoms with Gasteiger partial charge in [-0.25, -0.2) is 0 Å². The molecule has 0 aromatic heterocycles. The topological polar surface area (TPSA) is 20.2 Å². The first-order valence-electron chi connectivity index (χ1n) is 4.35. The Morgan fingerprint density at radius 3 is 2.62 bits per heavy atom. The molecule has 0 heterocycles. The van der Waals surface area contributed by atoms with Crippen molar-refractivity contribution in [2.45, 2.75) is 12.5 Å². The first-order valence-corrected chi connectivity index (χ1v) is 4.35. The van der Waals surface area contributed by atoms with Crippen LogP contribution in [0.2, 0.25) is 0 Å². The zero-order chi connectivity index (χ0) is 9.52. The number of hydrogen-bond donors (Lipinski definition) is 1. The Balaban J connectivity index is 2.53. The van der Waals surface area contributed by atoms with Crippen molar-refractivity contribution < 1.29 is 5.11 Å². The van der Waals surface area contributed by atoms with E-state index in [4.69, 9.17) is 0 Å². The monoisotopic (exact) mass is 174 g/mol. The Morgan fingerprint density at radius 2 is 2.00 bits per heavy atom. The second kappa shape index (κ2) is 5.33. The van der Waals surface area contributed by atoms with Gasteiger partial charge in [0.2, 0.25) is 0 Å². The van der Waals surface area contributed by atoms with Gasteiger partial charge in [-0.1, -0.05) is 55.1 Å². The highest BCUT2D eigenvalue weighted by Crippen LogP contribution is 2.15. The molecule has 13 heavy (non-hydrogen) atoms. The number of benzene rings is 1. The summed E-state index contributed by atoms with van der Waals surface area (Å²) in [5, 5.41) is 9.66. The summed E-state index contributed by atoms with van der Waals surface area (Å²) in [4.78, 5) is 0. The minimum atomic E-state index is -0.405. The Hall–Kier alpha value is -1.34. The standard InChI is InChI=1S/C12H14O/c1-2-3-5-10-12(13)11-8-6-4-7-9-11/h2-9,12-13H,1,10H2/b5-3+. The summed E-state index contributed by atoms with van der Waals surface area (Å²) in [6.45, 7) is 3.56. The van der Waals surface area contributed by atoms with Crippen LogP contribution in [-0.2, 0) is 0 Å². The van der Waals surface area contributed by atoms with Gasteiger partial charge >= 0.3 is 0 Å². The molecule has 0 saturated carbocycles. The van der Waals surface area contributed by atoms with Crippen molar-refractivity contribution in [2.75, 3.05) is 0 Å². The van der Waals surface area contributed by atoms with Gasteiger partial charge < -0.3 is 5.11 Å². The van der Waals surface area contributed by atoms with Gasteiger partial charge in [0, 0.05) is 0 Å². The molecule has 1 aromatic carbocycles. The molecule has 1 atom stereocenters. The lowest BCUT2D eigenvalue weighted by Crippen LogP contribution is -1.94. The van der Waals surface area contributed by atoms with E-state index in [9.17, 15) is 5.11 Å². The van der Waals surface area contributed by atoms with Crippen LogP contribution in [0.3, 0.4) is 0 Å². The summed E-state index contributed by atoms with van der Waals surface area (Å²) in [5.41, 5.74) is 0.955. The van der Waals surface area contributed by atoms with Crippen molar-refractivity contribution in [3.63, 3.8) is 0 Å². The molecular formula is C12H14O. The highest BCUT2D eigenvalue weighted by molar-refractivity contribution is 5.18. The molecular weight excluding hydrogens is 160 g/mol. The van der Waals surface area contributed by atoms with Crippen LogP contribution in [0.1, 0.15) is 18.1 Å². The molecule has 0 aliphatic rings. The van der Waals surface area contributed by atoms with Crippen molar-refractivity contribution in [2.24, 2.45) is 0 Å². The number of aliphatic hydroxyl groups excluding tert-OH is 1. The minimum absolute atomic E-state index is 0.405. The van der Waals surface area contributed by atoms with Crippen molar-refractivity contribution in [3.8, 4) is 0 Å². The van der Waals surface area contributed by atoms with Gasteiger partial charge in [-0.15, -0.1) is 0 Å². The van der Waals surface area contributed by atoms with Gasteiger partial charge in [0.1, 0.15) is 0 Å². The van der Waals surface area contributed by atoms with E-state index in [1.54, 1.807) is 6.08 Å². The van der Waals surface area contributed by atoms with E-state index in [0.717, 1.165) is 5.56 Å². The molecule has 0 spiro atoms. The number of hydrogen-bond acceptors (Lipinski definition) is 1. The van der Waals surface area contributed by atoms with E-state index in [-0.39, 0.29) is 0 Å². The Labute approximate surface area is 79.0 Å². The van der Waals surface area contributed by atoms with Gasteiger partial charge in [0.05, 0.1) is 6.10 Å². The van der Waals surface area contributed by atoms with Crippen molar-refractivity contribution >= 4 is 0 Å². The average Bonchev–Trinajstić information content (AvgIpc) is 2.19. The van der Waals surface area contributed by atoms with Crippen LogP contribution >= 0.6 is 0 Å². The summed E-state index contributed by atoms with van der Waals surface area (Å²) in [6, 6.07) is 9.64. The first kappa shape index (κ1) is 9.75. The predicted molar refractivity (Wildman–Crippen MR) is 55.4 cm³/mol. The van der Waals surface area contributed by atoms with Crippen LogP contribution in [0.4, 0.5) is 0 Å². The van der Waals surface area contributed by atoms with Crippen LogP contribution in [0, 0.1) is 0 Å². The normalized spacial score (nSPS) is 13.0. The highest BCUT2D eigenvalue weighted by Gasteiger charge is 2.02. The zero-order valence-corrected chi connectivity index (χ0v) is 7.56. The van der Waals surface area contributed by atoms with E-state index < -0.39 is 6.10 Å². The predicted octanol–water partition coefficient (Wildman–Crippen LogP) is 2.85. The highest BCUT2D eigenvalue weighted by atomic mass is 16.3. The molecule has 1 heteroatoms. The first-order chi connectivity index (χ1) is 6.34. The maximum Gasteiger partial charge on any atom is 0.0824 e. The zero-order valence-electron chi connectivity index (χ0n) is 7.56. The molecule has 1 N–H and O–H groups in total. The lowest BCUT2D eigenvalue weighted by atomic mass is 10.1. The average molecular weight is 174 g/mol. The molecule has 0 saturated heterocycles. The van der Waals surface area contributed by atoms with Gasteiger partial charge in [-0.05, 0) is 12.0 Å². The fraction of sp³-hybridized carbons (Fsp3) is 0.167. The van der Waals surface area contributed by atoms with Crippen molar-refractivity contribution in [1.29, 1.82) is 0 Å². The van der Waals surface area contributed by atoms with E-state index >= 15 is 0 Å². The van der Waals surface area contributed by atoms with Crippen LogP contribution in [0.25, 0.3) is 0 Å². The molecule has 0 aliphatic heterocycles. The van der Waals surface area contributed by atoms with E-state index in [2.05, 4.69) is 6.58 Å². The van der Waals surface area contributed by atoms with E-state index in [0.29, 0.717) is 6.42 Å². The third kappa shape index (κ3) is 3.26. The summed E-state index contributed by atoms with van der Waals surface area (Å²) in [5.74, 6) is 0. The number of aliphatic hydroxyl groups is 1. The largest absolute Gasteiger partial charge is 0.388 e. The SMILES string of the molecule is C=C/C=C/CC(O)c1ccccc1. The summed E-state index contributed by atoms with van der Waals surface area (Å²) in [7, 11) is 0. The molecule has 1 unspecified atom stereocenters. The molecule has 0 fully saturated rings. The van der Waals surface area contributed by atoms with Crippen molar-refractivity contribution in [3.05, 3.63) is 60.7 Å². The minimum Gasteiger partial charge on any atom is -0.388 e. The molecule has 0 amide bonds. The number of allylic oxidation sites excluding steroid dienone is 2. The molecule has 0 bridgehead atoms. The van der Waals surface area contributed by atoms with Gasteiger partial charge in [-0.2, -0.15) is 0 Å². The third-order valence-electron chi connectivity index (χ3n) is 1.82. The third-order valence-corrected chi connectivity index (χ3v) is 1.82. The maximum atomic E-state index is 9.66. The lowest BCUT2D eigenvalue weighted by molar-refractivity contribution is 0.181. The van der Waals surface area contributed by atoms with Crippen LogP contribution in [0.5, 0.6) is 0 Å². The molecule has 1 rings (SSSR count). The van der Waals surface area contributed by atoms with Crippen LogP contribution in [0.15, 0.2) is 55.1 Å². The van der Waals surface area contributed by atoms with Gasteiger partial charge in [-0.3, -0.25) is 0 Å². The molecule has 1 aromatic rings. The fourth-order valence-electron chi connectivity index (χ4n) is 1.11. The van der Waals surface area contributed by atoms with Crippen molar-refractivity contribution in [1.82, 2.24) is 0 Å². The fourth-order valence-corrected chi connectivity index (χ4v) is 1.11. The molecule has 68 valence electrons. The Morgan fingerprint density at radius 1 is 1.31 bits per heavy atom. The molecule has 1 nitrogen and oxygen atoms in total. The number of rotatable bonds is 4. The Bertz CT molecular complexity index is 274. The second-order valence-corrected chi connectivity index (χ2v) is 2.83.